The molecule has 0 aromatic heterocycles. The van der Waals surface area contributed by atoms with Crippen molar-refractivity contribution < 1.29 is 14.6 Å². The van der Waals surface area contributed by atoms with Crippen LogP contribution in [0.1, 0.15) is 13.8 Å². The van der Waals surface area contributed by atoms with Crippen LogP contribution in [-0.4, -0.2) is 37.5 Å². The van der Waals surface area contributed by atoms with E-state index in [1.54, 1.807) is 0 Å². The molecule has 0 spiro atoms. The van der Waals surface area contributed by atoms with Crippen LogP contribution in [0.5, 0.6) is 11.5 Å². The maximum Gasteiger partial charge on any atom is 0.161 e. The molecule has 0 heterocycles. The van der Waals surface area contributed by atoms with Crippen molar-refractivity contribution in [3.05, 3.63) is 24.3 Å². The number of hydrogen-bond acceptors (Lipinski definition) is 4. The van der Waals surface area contributed by atoms with Gasteiger partial charge in [0.1, 0.15) is 6.61 Å². The van der Waals surface area contributed by atoms with Gasteiger partial charge in [-0.2, -0.15) is 0 Å². The normalized spacial score (nSPS) is 12.2. The minimum atomic E-state index is 0.0979. The summed E-state index contributed by atoms with van der Waals surface area (Å²) >= 11 is 0. The number of ether oxygens (including phenoxy) is 2. The fourth-order valence-electron chi connectivity index (χ4n) is 1.38. The molecule has 1 atom stereocenters. The van der Waals surface area contributed by atoms with E-state index in [9.17, 15) is 0 Å². The topological polar surface area (TPSA) is 50.7 Å². The lowest BCUT2D eigenvalue weighted by Crippen LogP contribution is -2.32. The minimum absolute atomic E-state index is 0.0979. The number of hydrogen-bond donors (Lipinski definition) is 2. The van der Waals surface area contributed by atoms with E-state index in [4.69, 9.17) is 14.6 Å². The number of aliphatic hydroxyl groups is 1. The molecule has 0 aliphatic carbocycles. The Hall–Kier alpha value is -1.26. The van der Waals surface area contributed by atoms with Crippen molar-refractivity contribution in [1.29, 1.82) is 0 Å². The summed E-state index contributed by atoms with van der Waals surface area (Å²) in [6.45, 7) is 5.88. The first kappa shape index (κ1) is 13.8. The van der Waals surface area contributed by atoms with Gasteiger partial charge in [0.25, 0.3) is 0 Å². The van der Waals surface area contributed by atoms with Crippen molar-refractivity contribution in [2.45, 2.75) is 19.9 Å². The van der Waals surface area contributed by atoms with Crippen LogP contribution in [0, 0.1) is 0 Å². The standard InChI is InChI=1S/C13H21NO3/c1-3-16-12-6-4-5-7-13(12)17-9-8-14-11(2)10-15/h4-7,11,14-15H,3,8-10H2,1-2H3. The zero-order chi connectivity index (χ0) is 12.5. The third-order valence-electron chi connectivity index (χ3n) is 2.28. The van der Waals surface area contributed by atoms with Crippen LogP contribution < -0.4 is 14.8 Å². The maximum atomic E-state index is 8.84. The highest BCUT2D eigenvalue weighted by Gasteiger charge is 2.03. The van der Waals surface area contributed by atoms with Crippen LogP contribution in [0.4, 0.5) is 0 Å². The molecule has 96 valence electrons. The van der Waals surface area contributed by atoms with Crippen LogP contribution in [0.3, 0.4) is 0 Å². The molecule has 1 aromatic carbocycles. The SMILES string of the molecule is CCOc1ccccc1OCCNC(C)CO. The quantitative estimate of drug-likeness (QED) is 0.674. The molecule has 0 radical (unpaired) electrons. The van der Waals surface area contributed by atoms with E-state index in [1.165, 1.54) is 0 Å². The molecular weight excluding hydrogens is 218 g/mol. The van der Waals surface area contributed by atoms with E-state index in [0.29, 0.717) is 19.8 Å². The lowest BCUT2D eigenvalue weighted by atomic mass is 10.3. The Labute approximate surface area is 103 Å². The summed E-state index contributed by atoms with van der Waals surface area (Å²) in [5.74, 6) is 1.53. The Bertz CT molecular complexity index is 317. The van der Waals surface area contributed by atoms with Gasteiger partial charge in [-0.05, 0) is 26.0 Å². The molecule has 2 N–H and O–H groups in total. The minimum Gasteiger partial charge on any atom is -0.490 e. The van der Waals surface area contributed by atoms with Crippen molar-refractivity contribution in [3.8, 4) is 11.5 Å². The van der Waals surface area contributed by atoms with Crippen LogP contribution >= 0.6 is 0 Å². The summed E-state index contributed by atoms with van der Waals surface area (Å²) in [5, 5.41) is 12.0. The van der Waals surface area contributed by atoms with Gasteiger partial charge in [-0.3, -0.25) is 0 Å². The summed E-state index contributed by atoms with van der Waals surface area (Å²) in [6, 6.07) is 7.72. The second-order valence-corrected chi connectivity index (χ2v) is 3.77. The second-order valence-electron chi connectivity index (χ2n) is 3.77. The number of para-hydroxylation sites is 2. The molecular formula is C13H21NO3. The zero-order valence-electron chi connectivity index (χ0n) is 10.5. The smallest absolute Gasteiger partial charge is 0.161 e. The number of nitrogens with one attached hydrogen (secondary N) is 1. The molecule has 0 saturated heterocycles. The molecule has 0 aliphatic rings. The highest BCUT2D eigenvalue weighted by atomic mass is 16.5. The highest BCUT2D eigenvalue weighted by molar-refractivity contribution is 5.39. The van der Waals surface area contributed by atoms with Gasteiger partial charge in [0.05, 0.1) is 13.2 Å². The van der Waals surface area contributed by atoms with Gasteiger partial charge in [0.15, 0.2) is 11.5 Å². The number of benzene rings is 1. The van der Waals surface area contributed by atoms with E-state index in [-0.39, 0.29) is 12.6 Å². The summed E-state index contributed by atoms with van der Waals surface area (Å²) < 4.78 is 11.1. The number of aliphatic hydroxyl groups excluding tert-OH is 1. The highest BCUT2D eigenvalue weighted by Crippen LogP contribution is 2.25. The van der Waals surface area contributed by atoms with Crippen molar-refractivity contribution in [2.75, 3.05) is 26.4 Å². The number of rotatable bonds is 8. The Kier molecular flexibility index (Phi) is 6.43. The van der Waals surface area contributed by atoms with Crippen molar-refractivity contribution in [3.63, 3.8) is 0 Å². The van der Waals surface area contributed by atoms with E-state index >= 15 is 0 Å². The molecule has 0 bridgehead atoms. The monoisotopic (exact) mass is 239 g/mol. The van der Waals surface area contributed by atoms with E-state index in [0.717, 1.165) is 11.5 Å². The van der Waals surface area contributed by atoms with Gasteiger partial charge in [-0.15, -0.1) is 0 Å². The van der Waals surface area contributed by atoms with E-state index < -0.39 is 0 Å². The van der Waals surface area contributed by atoms with Crippen LogP contribution in [-0.2, 0) is 0 Å². The maximum absolute atomic E-state index is 8.84. The Morgan fingerprint density at radius 1 is 1.24 bits per heavy atom. The molecule has 1 aromatic rings. The lowest BCUT2D eigenvalue weighted by molar-refractivity contribution is 0.235. The first-order valence-corrected chi connectivity index (χ1v) is 5.96. The zero-order valence-corrected chi connectivity index (χ0v) is 10.5. The largest absolute Gasteiger partial charge is 0.490 e. The molecule has 0 saturated carbocycles. The van der Waals surface area contributed by atoms with Crippen molar-refractivity contribution >= 4 is 0 Å². The Morgan fingerprint density at radius 3 is 2.47 bits per heavy atom. The predicted molar refractivity (Wildman–Crippen MR) is 67.7 cm³/mol. The summed E-state index contributed by atoms with van der Waals surface area (Å²) in [4.78, 5) is 0. The molecule has 0 amide bonds. The Morgan fingerprint density at radius 2 is 1.88 bits per heavy atom. The van der Waals surface area contributed by atoms with Crippen LogP contribution in [0.2, 0.25) is 0 Å². The Balaban J connectivity index is 2.35. The second kappa shape index (κ2) is 7.92. The average molecular weight is 239 g/mol. The third kappa shape index (κ3) is 5.06. The fraction of sp³-hybridized carbons (Fsp3) is 0.538. The van der Waals surface area contributed by atoms with Gasteiger partial charge in [0, 0.05) is 12.6 Å². The third-order valence-corrected chi connectivity index (χ3v) is 2.28. The molecule has 17 heavy (non-hydrogen) atoms. The molecule has 4 heteroatoms. The predicted octanol–water partition coefficient (Wildman–Crippen LogP) is 1.43. The first-order valence-electron chi connectivity index (χ1n) is 5.96. The molecule has 0 aliphatic heterocycles. The first-order chi connectivity index (χ1) is 8.27. The van der Waals surface area contributed by atoms with Gasteiger partial charge >= 0.3 is 0 Å². The molecule has 4 nitrogen and oxygen atoms in total. The van der Waals surface area contributed by atoms with Gasteiger partial charge in [0.2, 0.25) is 0 Å². The average Bonchev–Trinajstić information content (AvgIpc) is 2.36. The van der Waals surface area contributed by atoms with Gasteiger partial charge in [-0.1, -0.05) is 12.1 Å². The van der Waals surface area contributed by atoms with E-state index in [1.807, 2.05) is 38.1 Å². The van der Waals surface area contributed by atoms with Gasteiger partial charge in [-0.25, -0.2) is 0 Å². The van der Waals surface area contributed by atoms with Gasteiger partial charge < -0.3 is 19.9 Å². The summed E-state index contributed by atoms with van der Waals surface area (Å²) in [5.41, 5.74) is 0. The lowest BCUT2D eigenvalue weighted by Gasteiger charge is -2.13. The van der Waals surface area contributed by atoms with Crippen LogP contribution in [0.15, 0.2) is 24.3 Å². The van der Waals surface area contributed by atoms with Crippen molar-refractivity contribution in [1.82, 2.24) is 5.32 Å². The molecule has 1 unspecified atom stereocenters. The van der Waals surface area contributed by atoms with Crippen LogP contribution in [0.25, 0.3) is 0 Å². The van der Waals surface area contributed by atoms with E-state index in [2.05, 4.69) is 5.32 Å². The van der Waals surface area contributed by atoms with Crippen molar-refractivity contribution in [2.24, 2.45) is 0 Å². The summed E-state index contributed by atoms with van der Waals surface area (Å²) in [7, 11) is 0. The summed E-state index contributed by atoms with van der Waals surface area (Å²) in [6.07, 6.45) is 0. The fourth-order valence-corrected chi connectivity index (χ4v) is 1.38. The molecule has 1 rings (SSSR count). The molecule has 0 fully saturated rings.